The van der Waals surface area contributed by atoms with Crippen molar-refractivity contribution in [3.8, 4) is 11.5 Å². The first-order valence-electron chi connectivity index (χ1n) is 13.7. The first-order valence-corrected chi connectivity index (χ1v) is 13.7. The highest BCUT2D eigenvalue weighted by Crippen LogP contribution is 2.39. The van der Waals surface area contributed by atoms with Crippen molar-refractivity contribution in [3.63, 3.8) is 0 Å². The van der Waals surface area contributed by atoms with Gasteiger partial charge in [-0.25, -0.2) is 9.18 Å². The Balaban J connectivity index is 1.25. The van der Waals surface area contributed by atoms with Crippen LogP contribution in [-0.4, -0.2) is 38.8 Å². The fraction of sp³-hybridized carbons (Fsp3) is 0.355. The molecule has 0 radical (unpaired) electrons. The summed E-state index contributed by atoms with van der Waals surface area (Å²) in [4.78, 5) is 24.7. The Morgan fingerprint density at radius 1 is 1.15 bits per heavy atom. The molecule has 0 spiro atoms. The molecule has 1 atom stereocenters. The van der Waals surface area contributed by atoms with E-state index in [0.29, 0.717) is 59.8 Å². The number of aliphatic hydroxyl groups is 1. The van der Waals surface area contributed by atoms with Gasteiger partial charge in [-0.1, -0.05) is 36.4 Å². The van der Waals surface area contributed by atoms with Gasteiger partial charge in [-0.05, 0) is 50.5 Å². The average Bonchev–Trinajstić information content (AvgIpc) is 3.20. The number of rotatable bonds is 11. The molecule has 4 aromatic rings. The quantitative estimate of drug-likeness (QED) is 0.252. The van der Waals surface area contributed by atoms with E-state index in [9.17, 15) is 19.1 Å². The molecule has 1 aliphatic rings. The minimum absolute atomic E-state index is 0.135. The summed E-state index contributed by atoms with van der Waals surface area (Å²) in [6.07, 6.45) is 0.340. The molecule has 3 N–H and O–H groups in total. The molecule has 5 rings (SSSR count). The number of ether oxygens (including phenoxy) is 2. The van der Waals surface area contributed by atoms with Crippen molar-refractivity contribution in [1.29, 1.82) is 0 Å². The Labute approximate surface area is 237 Å². The number of anilines is 1. The van der Waals surface area contributed by atoms with Crippen LogP contribution in [0, 0.1) is 5.82 Å². The molecule has 0 saturated carbocycles. The van der Waals surface area contributed by atoms with Gasteiger partial charge in [-0.2, -0.15) is 0 Å². The molecular formula is C31H35FN4O5. The van der Waals surface area contributed by atoms with Gasteiger partial charge in [-0.15, -0.1) is 0 Å². The number of benzene rings is 3. The van der Waals surface area contributed by atoms with E-state index in [1.54, 1.807) is 31.3 Å². The van der Waals surface area contributed by atoms with Crippen LogP contribution in [0.1, 0.15) is 43.9 Å². The van der Waals surface area contributed by atoms with Crippen molar-refractivity contribution >= 4 is 22.6 Å². The van der Waals surface area contributed by atoms with Crippen molar-refractivity contribution in [2.75, 3.05) is 18.5 Å². The zero-order valence-electron chi connectivity index (χ0n) is 23.4. The zero-order chi connectivity index (χ0) is 29.1. The third-order valence-corrected chi connectivity index (χ3v) is 7.39. The first kappa shape index (κ1) is 28.4. The lowest BCUT2D eigenvalue weighted by Gasteiger charge is -2.29. The lowest BCUT2D eigenvalue weighted by atomic mass is 9.97. The lowest BCUT2D eigenvalue weighted by molar-refractivity contribution is -0.118. The second kappa shape index (κ2) is 11.8. The second-order valence-electron chi connectivity index (χ2n) is 11.0. The molecule has 2 heterocycles. The van der Waals surface area contributed by atoms with E-state index >= 15 is 0 Å². The van der Waals surface area contributed by atoms with Crippen LogP contribution in [-0.2, 0) is 25.0 Å². The summed E-state index contributed by atoms with van der Waals surface area (Å²) in [5, 5.41) is 17.4. The van der Waals surface area contributed by atoms with Crippen LogP contribution in [0.15, 0.2) is 65.5 Å². The minimum Gasteiger partial charge on any atom is -0.489 e. The number of fused-ring (bicyclic) bond motifs is 2. The highest BCUT2D eigenvalue weighted by atomic mass is 19.1. The number of imidazole rings is 1. The Morgan fingerprint density at radius 3 is 2.71 bits per heavy atom. The van der Waals surface area contributed by atoms with Gasteiger partial charge in [0.05, 0.1) is 17.3 Å². The van der Waals surface area contributed by atoms with E-state index in [4.69, 9.17) is 9.47 Å². The number of nitrogens with one attached hydrogen (secondary N) is 2. The van der Waals surface area contributed by atoms with E-state index in [0.717, 1.165) is 5.56 Å². The van der Waals surface area contributed by atoms with Crippen LogP contribution >= 0.6 is 0 Å². The topological polar surface area (TPSA) is 107 Å². The van der Waals surface area contributed by atoms with Crippen molar-refractivity contribution in [3.05, 3.63) is 88.1 Å². The minimum atomic E-state index is -0.951. The smallest absolute Gasteiger partial charge is 0.328 e. The standard InChI is InChI=1S/C31H35FN4O5/c1-31(2,13-8-14-36-28-23(32)11-7-12-25(28)35(3)30(36)39)33-17-26(37)22-15-21(40-18-20-9-5-4-6-10-20)16-24-29(22)41-19-27(38)34-24/h4-7,9-12,15-16,26,33,37H,8,13-14,17-19H2,1-3H3,(H,34,38). The molecule has 1 aromatic heterocycles. The Kier molecular flexibility index (Phi) is 8.14. The second-order valence-corrected chi connectivity index (χ2v) is 11.0. The number of halogens is 1. The number of carbonyl (C=O) groups excluding carboxylic acids is 1. The zero-order valence-corrected chi connectivity index (χ0v) is 23.4. The molecule has 1 unspecified atom stereocenters. The number of hydrogen-bond acceptors (Lipinski definition) is 6. The van der Waals surface area contributed by atoms with Crippen LogP contribution in [0.3, 0.4) is 0 Å². The van der Waals surface area contributed by atoms with Gasteiger partial charge < -0.3 is 25.2 Å². The van der Waals surface area contributed by atoms with Gasteiger partial charge in [0, 0.05) is 37.3 Å². The molecule has 10 heteroatoms. The van der Waals surface area contributed by atoms with Crippen LogP contribution in [0.4, 0.5) is 10.1 Å². The number of aryl methyl sites for hydroxylation is 2. The molecule has 1 amide bonds. The lowest BCUT2D eigenvalue weighted by Crippen LogP contribution is -2.42. The van der Waals surface area contributed by atoms with Gasteiger partial charge in [0.2, 0.25) is 0 Å². The van der Waals surface area contributed by atoms with Gasteiger partial charge in [-0.3, -0.25) is 13.9 Å². The van der Waals surface area contributed by atoms with E-state index in [-0.39, 0.29) is 24.7 Å². The van der Waals surface area contributed by atoms with Crippen LogP contribution in [0.2, 0.25) is 0 Å². The van der Waals surface area contributed by atoms with Crippen molar-refractivity contribution < 1.29 is 23.8 Å². The summed E-state index contributed by atoms with van der Waals surface area (Å²) < 4.78 is 29.1. The van der Waals surface area contributed by atoms with Crippen molar-refractivity contribution in [2.45, 2.75) is 51.5 Å². The third kappa shape index (κ3) is 6.28. The van der Waals surface area contributed by atoms with Crippen molar-refractivity contribution in [2.24, 2.45) is 7.05 Å². The normalized spacial score (nSPS) is 13.9. The highest BCUT2D eigenvalue weighted by molar-refractivity contribution is 5.96. The molecular weight excluding hydrogens is 527 g/mol. The molecule has 41 heavy (non-hydrogen) atoms. The molecule has 0 bridgehead atoms. The number of aliphatic hydroxyl groups excluding tert-OH is 1. The molecule has 9 nitrogen and oxygen atoms in total. The van der Waals surface area contributed by atoms with Crippen LogP contribution < -0.4 is 25.8 Å². The van der Waals surface area contributed by atoms with E-state index < -0.39 is 17.5 Å². The van der Waals surface area contributed by atoms with Gasteiger partial charge in [0.25, 0.3) is 5.91 Å². The monoisotopic (exact) mass is 562 g/mol. The van der Waals surface area contributed by atoms with Gasteiger partial charge >= 0.3 is 5.69 Å². The largest absolute Gasteiger partial charge is 0.489 e. The summed E-state index contributed by atoms with van der Waals surface area (Å²) in [5.74, 6) is 0.223. The Bertz CT molecular complexity index is 1610. The third-order valence-electron chi connectivity index (χ3n) is 7.39. The number of β-amino-alcohol motifs (C(OH)–C–C–N with tert-alkyl or cyclic N) is 1. The summed E-state index contributed by atoms with van der Waals surface area (Å²) in [6.45, 7) is 4.80. The molecule has 0 fully saturated rings. The van der Waals surface area contributed by atoms with E-state index in [2.05, 4.69) is 10.6 Å². The van der Waals surface area contributed by atoms with Crippen molar-refractivity contribution in [1.82, 2.24) is 14.5 Å². The fourth-order valence-corrected chi connectivity index (χ4v) is 5.15. The summed E-state index contributed by atoms with van der Waals surface area (Å²) in [7, 11) is 1.64. The predicted molar refractivity (Wildman–Crippen MR) is 155 cm³/mol. The van der Waals surface area contributed by atoms with Crippen LogP contribution in [0.25, 0.3) is 11.0 Å². The Hall–Kier alpha value is -4.15. The summed E-state index contributed by atoms with van der Waals surface area (Å²) in [6, 6.07) is 17.8. The number of carbonyl (C=O) groups is 1. The van der Waals surface area contributed by atoms with E-state index in [1.807, 2.05) is 44.2 Å². The van der Waals surface area contributed by atoms with Crippen LogP contribution in [0.5, 0.6) is 11.5 Å². The number of nitrogens with zero attached hydrogens (tertiary/aromatic N) is 2. The maximum atomic E-state index is 14.5. The Morgan fingerprint density at radius 2 is 1.93 bits per heavy atom. The highest BCUT2D eigenvalue weighted by Gasteiger charge is 2.26. The molecule has 0 aliphatic carbocycles. The predicted octanol–water partition coefficient (Wildman–Crippen LogP) is 4.27. The molecule has 216 valence electrons. The maximum absolute atomic E-state index is 14.5. The maximum Gasteiger partial charge on any atom is 0.328 e. The number of para-hydroxylation sites is 1. The number of amides is 1. The van der Waals surface area contributed by atoms with E-state index in [1.165, 1.54) is 15.2 Å². The fourth-order valence-electron chi connectivity index (χ4n) is 5.15. The van der Waals surface area contributed by atoms with Gasteiger partial charge in [0.1, 0.15) is 29.4 Å². The SMILES string of the molecule is Cn1c(=O)n(CCCC(C)(C)NCC(O)c2cc(OCc3ccccc3)cc3c2OCC(=O)N3)c2c(F)cccc21. The molecule has 0 saturated heterocycles. The first-order chi connectivity index (χ1) is 19.6. The van der Waals surface area contributed by atoms with Gasteiger partial charge in [0.15, 0.2) is 6.61 Å². The number of hydrogen-bond donors (Lipinski definition) is 3. The average molecular weight is 563 g/mol. The summed E-state index contributed by atoms with van der Waals surface area (Å²) in [5.41, 5.74) is 2.17. The molecule has 1 aliphatic heterocycles. The number of aromatic nitrogens is 2. The molecule has 3 aromatic carbocycles. The summed E-state index contributed by atoms with van der Waals surface area (Å²) >= 11 is 0.